The summed E-state index contributed by atoms with van der Waals surface area (Å²) in [5.74, 6) is -1.38. The molecule has 1 aromatic heterocycles. The summed E-state index contributed by atoms with van der Waals surface area (Å²) in [5.41, 5.74) is 2.60. The summed E-state index contributed by atoms with van der Waals surface area (Å²) >= 11 is 0. The number of rotatable bonds is 4. The molecule has 0 saturated heterocycles. The Morgan fingerprint density at radius 2 is 1.73 bits per heavy atom. The Balaban J connectivity index is 2.05. The lowest BCUT2D eigenvalue weighted by molar-refractivity contribution is -0.142. The molecule has 26 heavy (non-hydrogen) atoms. The first-order valence-electron chi connectivity index (χ1n) is 7.74. The Hall–Kier alpha value is -2.80. The van der Waals surface area contributed by atoms with Gasteiger partial charge in [-0.3, -0.25) is 9.78 Å². The van der Waals surface area contributed by atoms with Crippen molar-refractivity contribution >= 4 is 27.0 Å². The molecule has 1 aliphatic carbocycles. The van der Waals surface area contributed by atoms with E-state index in [-0.39, 0.29) is 10.7 Å². The van der Waals surface area contributed by atoms with Gasteiger partial charge in [-0.2, -0.15) is 0 Å². The minimum Gasteiger partial charge on any atom is -0.468 e. The third-order valence-electron chi connectivity index (χ3n) is 4.05. The average molecular weight is 373 g/mol. The van der Waals surface area contributed by atoms with E-state index in [4.69, 9.17) is 4.74 Å². The van der Waals surface area contributed by atoms with Gasteiger partial charge in [0.15, 0.2) is 9.84 Å². The number of esters is 1. The van der Waals surface area contributed by atoms with Gasteiger partial charge in [-0.05, 0) is 35.4 Å². The van der Waals surface area contributed by atoms with E-state index in [0.29, 0.717) is 16.8 Å². The zero-order valence-corrected chi connectivity index (χ0v) is 15.0. The van der Waals surface area contributed by atoms with Crippen LogP contribution in [0.2, 0.25) is 0 Å². The Kier molecular flexibility index (Phi) is 4.73. The highest BCUT2D eigenvalue weighted by molar-refractivity contribution is 7.90. The summed E-state index contributed by atoms with van der Waals surface area (Å²) in [6.07, 6.45) is 5.81. The van der Waals surface area contributed by atoms with Crippen LogP contribution in [0, 0.1) is 11.7 Å². The van der Waals surface area contributed by atoms with Crippen LogP contribution < -0.4 is 0 Å². The van der Waals surface area contributed by atoms with Crippen molar-refractivity contribution in [1.82, 2.24) is 4.98 Å². The molecule has 0 aliphatic heterocycles. The molecule has 7 heteroatoms. The molecule has 0 amide bonds. The maximum Gasteiger partial charge on any atom is 0.316 e. The van der Waals surface area contributed by atoms with Crippen LogP contribution in [0.25, 0.3) is 11.1 Å². The summed E-state index contributed by atoms with van der Waals surface area (Å²) in [5, 5.41) is 0. The number of carbonyl (C=O) groups is 1. The van der Waals surface area contributed by atoms with E-state index >= 15 is 0 Å². The SMILES string of the molecule is COC(=O)C1C=C(c2ccc(F)cc2)C(c2ccc(S(C)(=O)=O)cn2)=C1. The first kappa shape index (κ1) is 18.0. The minimum absolute atomic E-state index is 0.108. The molecule has 1 unspecified atom stereocenters. The average Bonchev–Trinajstić information content (AvgIpc) is 3.06. The summed E-state index contributed by atoms with van der Waals surface area (Å²) in [7, 11) is -2.05. The molecule has 2 aromatic rings. The van der Waals surface area contributed by atoms with Crippen molar-refractivity contribution in [3.63, 3.8) is 0 Å². The number of hydrogen-bond acceptors (Lipinski definition) is 5. The van der Waals surface area contributed by atoms with Gasteiger partial charge in [-0.1, -0.05) is 24.3 Å². The van der Waals surface area contributed by atoms with Crippen molar-refractivity contribution in [3.05, 3.63) is 71.8 Å². The topological polar surface area (TPSA) is 73.3 Å². The number of sulfone groups is 1. The first-order valence-corrected chi connectivity index (χ1v) is 9.63. The molecular weight excluding hydrogens is 357 g/mol. The lowest BCUT2D eigenvalue weighted by Gasteiger charge is -2.09. The quantitative estimate of drug-likeness (QED) is 0.771. The molecule has 1 aromatic carbocycles. The molecule has 3 rings (SSSR count). The summed E-state index contributed by atoms with van der Waals surface area (Å²) in [4.78, 5) is 16.3. The number of hydrogen-bond donors (Lipinski definition) is 0. The van der Waals surface area contributed by atoms with Gasteiger partial charge in [-0.25, -0.2) is 12.8 Å². The number of halogens is 1. The largest absolute Gasteiger partial charge is 0.468 e. The number of allylic oxidation sites excluding steroid dienone is 2. The second kappa shape index (κ2) is 6.84. The molecule has 0 fully saturated rings. The Labute approximate surface area is 150 Å². The highest BCUT2D eigenvalue weighted by Crippen LogP contribution is 2.38. The van der Waals surface area contributed by atoms with E-state index in [0.717, 1.165) is 11.8 Å². The second-order valence-electron chi connectivity index (χ2n) is 5.87. The molecule has 0 saturated carbocycles. The summed E-state index contributed by atoms with van der Waals surface area (Å²) < 4.78 is 41.2. The molecule has 0 spiro atoms. The normalized spacial score (nSPS) is 16.8. The minimum atomic E-state index is -3.35. The van der Waals surface area contributed by atoms with E-state index in [2.05, 4.69) is 4.98 Å². The van der Waals surface area contributed by atoms with Gasteiger partial charge < -0.3 is 4.74 Å². The zero-order valence-electron chi connectivity index (χ0n) is 14.1. The highest BCUT2D eigenvalue weighted by Gasteiger charge is 2.26. The number of nitrogens with zero attached hydrogens (tertiary/aromatic N) is 1. The highest BCUT2D eigenvalue weighted by atomic mass is 32.2. The molecule has 0 radical (unpaired) electrons. The van der Waals surface area contributed by atoms with E-state index in [1.807, 2.05) is 0 Å². The van der Waals surface area contributed by atoms with Crippen LogP contribution in [0.5, 0.6) is 0 Å². The van der Waals surface area contributed by atoms with Crippen LogP contribution in [0.3, 0.4) is 0 Å². The van der Waals surface area contributed by atoms with Gasteiger partial charge in [-0.15, -0.1) is 0 Å². The molecule has 5 nitrogen and oxygen atoms in total. The predicted octanol–water partition coefficient (Wildman–Crippen LogP) is 2.89. The molecule has 134 valence electrons. The summed E-state index contributed by atoms with van der Waals surface area (Å²) in [6.45, 7) is 0. The van der Waals surface area contributed by atoms with Crippen LogP contribution in [-0.2, 0) is 19.4 Å². The van der Waals surface area contributed by atoms with Crippen molar-refractivity contribution in [1.29, 1.82) is 0 Å². The Morgan fingerprint density at radius 3 is 2.27 bits per heavy atom. The van der Waals surface area contributed by atoms with Crippen molar-refractivity contribution in [2.45, 2.75) is 4.90 Å². The number of carbonyl (C=O) groups excluding carboxylic acids is 1. The fourth-order valence-electron chi connectivity index (χ4n) is 2.72. The van der Waals surface area contributed by atoms with Crippen molar-refractivity contribution < 1.29 is 22.3 Å². The molecule has 0 bridgehead atoms. The van der Waals surface area contributed by atoms with E-state index in [1.165, 1.54) is 31.5 Å². The number of pyridine rings is 1. The van der Waals surface area contributed by atoms with Crippen LogP contribution in [0.4, 0.5) is 4.39 Å². The van der Waals surface area contributed by atoms with Crippen molar-refractivity contribution in [3.8, 4) is 0 Å². The van der Waals surface area contributed by atoms with E-state index in [9.17, 15) is 17.6 Å². The Morgan fingerprint density at radius 1 is 1.08 bits per heavy atom. The fraction of sp³-hybridized carbons (Fsp3) is 0.158. The van der Waals surface area contributed by atoms with Crippen LogP contribution in [-0.4, -0.2) is 32.7 Å². The maximum atomic E-state index is 13.2. The summed E-state index contributed by atoms with van der Waals surface area (Å²) in [6, 6.07) is 8.93. The Bertz CT molecular complexity index is 1010. The number of benzene rings is 1. The monoisotopic (exact) mass is 373 g/mol. The number of methoxy groups -OCH3 is 1. The van der Waals surface area contributed by atoms with Crippen molar-refractivity contribution in [2.24, 2.45) is 5.92 Å². The molecule has 0 N–H and O–H groups in total. The van der Waals surface area contributed by atoms with Gasteiger partial charge in [0, 0.05) is 18.0 Å². The van der Waals surface area contributed by atoms with Gasteiger partial charge >= 0.3 is 5.97 Å². The van der Waals surface area contributed by atoms with Crippen LogP contribution >= 0.6 is 0 Å². The lowest BCUT2D eigenvalue weighted by atomic mass is 9.98. The van der Waals surface area contributed by atoms with Crippen LogP contribution in [0.15, 0.2) is 59.6 Å². The third-order valence-corrected chi connectivity index (χ3v) is 5.15. The maximum absolute atomic E-state index is 13.2. The van der Waals surface area contributed by atoms with Gasteiger partial charge in [0.1, 0.15) is 5.82 Å². The molecular formula is C19H16FNO4S. The molecule has 1 aliphatic rings. The molecule has 1 heterocycles. The lowest BCUT2D eigenvalue weighted by Crippen LogP contribution is -2.09. The van der Waals surface area contributed by atoms with Gasteiger partial charge in [0.25, 0.3) is 0 Å². The standard InChI is InChI=1S/C19H16FNO4S/c1-25-19(22)13-9-16(12-3-5-14(20)6-4-12)17(10-13)18-8-7-15(11-21-18)26(2,23)24/h3-11,13H,1-2H3. The van der Waals surface area contributed by atoms with Gasteiger partial charge in [0.2, 0.25) is 0 Å². The first-order chi connectivity index (χ1) is 12.3. The predicted molar refractivity (Wildman–Crippen MR) is 95.2 cm³/mol. The van der Waals surface area contributed by atoms with E-state index < -0.39 is 21.7 Å². The number of aromatic nitrogens is 1. The molecule has 1 atom stereocenters. The zero-order chi connectivity index (χ0) is 18.9. The van der Waals surface area contributed by atoms with E-state index in [1.54, 1.807) is 30.4 Å². The number of ether oxygens (including phenoxy) is 1. The van der Waals surface area contributed by atoms with Crippen LogP contribution in [0.1, 0.15) is 11.3 Å². The van der Waals surface area contributed by atoms with Crippen molar-refractivity contribution in [2.75, 3.05) is 13.4 Å². The smallest absolute Gasteiger partial charge is 0.316 e. The fourth-order valence-corrected chi connectivity index (χ4v) is 3.28. The third kappa shape index (κ3) is 3.57. The van der Waals surface area contributed by atoms with Gasteiger partial charge in [0.05, 0.1) is 23.6 Å². The second-order valence-corrected chi connectivity index (χ2v) is 7.88.